The van der Waals surface area contributed by atoms with Crippen molar-refractivity contribution in [2.45, 2.75) is 31.3 Å². The van der Waals surface area contributed by atoms with E-state index in [2.05, 4.69) is 15.6 Å². The van der Waals surface area contributed by atoms with Gasteiger partial charge in [-0.1, -0.05) is 6.07 Å². The SMILES string of the molecule is N[C@@H](CC(=O)N[C@H]1Cc2cccnc2NC1=O)Cc1cc(F)c(F)cc1F. The summed E-state index contributed by atoms with van der Waals surface area (Å²) >= 11 is 0. The molecule has 2 amide bonds. The molecule has 4 N–H and O–H groups in total. The average Bonchev–Trinajstić information content (AvgIpc) is 2.60. The molecule has 9 heteroatoms. The quantitative estimate of drug-likeness (QED) is 0.686. The van der Waals surface area contributed by atoms with E-state index in [-0.39, 0.29) is 24.8 Å². The van der Waals surface area contributed by atoms with Crippen LogP contribution in [0, 0.1) is 17.5 Å². The number of nitrogens with zero attached hydrogens (tertiary/aromatic N) is 1. The van der Waals surface area contributed by atoms with E-state index in [1.165, 1.54) is 0 Å². The number of fused-ring (bicyclic) bond motifs is 1. The lowest BCUT2D eigenvalue weighted by molar-refractivity contribution is -0.126. The van der Waals surface area contributed by atoms with Crippen molar-refractivity contribution in [2.75, 3.05) is 5.32 Å². The summed E-state index contributed by atoms with van der Waals surface area (Å²) in [6, 6.07) is 3.07. The number of amides is 2. The van der Waals surface area contributed by atoms with E-state index in [0.29, 0.717) is 11.9 Å². The fourth-order valence-electron chi connectivity index (χ4n) is 2.92. The summed E-state index contributed by atoms with van der Waals surface area (Å²) in [5.74, 6) is -3.85. The second-order valence-corrected chi connectivity index (χ2v) is 6.35. The van der Waals surface area contributed by atoms with Gasteiger partial charge >= 0.3 is 0 Å². The Morgan fingerprint density at radius 2 is 2.04 bits per heavy atom. The highest BCUT2D eigenvalue weighted by molar-refractivity contribution is 5.99. The highest BCUT2D eigenvalue weighted by atomic mass is 19.2. The fourth-order valence-corrected chi connectivity index (χ4v) is 2.92. The Morgan fingerprint density at radius 1 is 1.30 bits per heavy atom. The third-order valence-electron chi connectivity index (χ3n) is 4.23. The Bertz CT molecular complexity index is 891. The normalized spacial score (nSPS) is 17.0. The highest BCUT2D eigenvalue weighted by Gasteiger charge is 2.28. The first-order valence-corrected chi connectivity index (χ1v) is 8.26. The summed E-state index contributed by atoms with van der Waals surface area (Å²) in [5.41, 5.74) is 6.49. The molecule has 0 fully saturated rings. The van der Waals surface area contributed by atoms with Crippen LogP contribution in [0.4, 0.5) is 19.0 Å². The molecule has 0 unspecified atom stereocenters. The molecule has 0 bridgehead atoms. The number of carbonyl (C=O) groups excluding carboxylic acids is 2. The molecule has 0 radical (unpaired) electrons. The molecule has 2 atom stereocenters. The zero-order valence-electron chi connectivity index (χ0n) is 14.1. The van der Waals surface area contributed by atoms with Crippen LogP contribution in [-0.2, 0) is 22.4 Å². The van der Waals surface area contributed by atoms with Crippen molar-refractivity contribution < 1.29 is 22.8 Å². The third kappa shape index (κ3) is 4.43. The van der Waals surface area contributed by atoms with Gasteiger partial charge in [0.05, 0.1) is 0 Å². The third-order valence-corrected chi connectivity index (χ3v) is 4.23. The number of hydrogen-bond donors (Lipinski definition) is 3. The van der Waals surface area contributed by atoms with Gasteiger partial charge in [-0.25, -0.2) is 18.2 Å². The summed E-state index contributed by atoms with van der Waals surface area (Å²) < 4.78 is 39.9. The number of nitrogens with one attached hydrogen (secondary N) is 2. The Hall–Kier alpha value is -2.94. The smallest absolute Gasteiger partial charge is 0.248 e. The average molecular weight is 378 g/mol. The second-order valence-electron chi connectivity index (χ2n) is 6.35. The molecule has 142 valence electrons. The summed E-state index contributed by atoms with van der Waals surface area (Å²) in [6.07, 6.45) is 1.48. The first-order chi connectivity index (χ1) is 12.8. The number of nitrogens with two attached hydrogens (primary N) is 1. The van der Waals surface area contributed by atoms with Crippen LogP contribution in [0.5, 0.6) is 0 Å². The number of hydrogen-bond acceptors (Lipinski definition) is 4. The van der Waals surface area contributed by atoms with Crippen LogP contribution in [0.2, 0.25) is 0 Å². The van der Waals surface area contributed by atoms with Crippen molar-refractivity contribution in [1.29, 1.82) is 0 Å². The minimum absolute atomic E-state index is 0.121. The van der Waals surface area contributed by atoms with Crippen LogP contribution in [0.15, 0.2) is 30.5 Å². The zero-order chi connectivity index (χ0) is 19.6. The first kappa shape index (κ1) is 18.8. The van der Waals surface area contributed by atoms with E-state index >= 15 is 0 Å². The van der Waals surface area contributed by atoms with Gasteiger partial charge in [0.25, 0.3) is 0 Å². The van der Waals surface area contributed by atoms with E-state index in [1.807, 2.05) is 0 Å². The molecule has 1 aromatic carbocycles. The summed E-state index contributed by atoms with van der Waals surface area (Å²) in [5, 5.41) is 5.18. The zero-order valence-corrected chi connectivity index (χ0v) is 14.1. The first-order valence-electron chi connectivity index (χ1n) is 8.26. The molecule has 2 aromatic rings. The van der Waals surface area contributed by atoms with Crippen molar-refractivity contribution in [3.63, 3.8) is 0 Å². The van der Waals surface area contributed by atoms with Crippen LogP contribution >= 0.6 is 0 Å². The summed E-state index contributed by atoms with van der Waals surface area (Å²) in [7, 11) is 0. The van der Waals surface area contributed by atoms with Gasteiger partial charge in [0.1, 0.15) is 17.7 Å². The molecular formula is C18H17F3N4O2. The topological polar surface area (TPSA) is 97.1 Å². The van der Waals surface area contributed by atoms with E-state index in [9.17, 15) is 22.8 Å². The molecule has 3 rings (SSSR count). The Kier molecular flexibility index (Phi) is 5.41. The number of pyridine rings is 1. The molecule has 0 spiro atoms. The van der Waals surface area contributed by atoms with Crippen LogP contribution in [0.3, 0.4) is 0 Å². The lowest BCUT2D eigenvalue weighted by Crippen LogP contribution is -2.49. The predicted octanol–water partition coefficient (Wildman–Crippen LogP) is 1.44. The van der Waals surface area contributed by atoms with Gasteiger partial charge in [-0.15, -0.1) is 0 Å². The van der Waals surface area contributed by atoms with Crippen molar-refractivity contribution in [3.8, 4) is 0 Å². The van der Waals surface area contributed by atoms with Gasteiger partial charge in [-0.3, -0.25) is 9.59 Å². The van der Waals surface area contributed by atoms with Gasteiger partial charge < -0.3 is 16.4 Å². The second kappa shape index (κ2) is 7.75. The van der Waals surface area contributed by atoms with Crippen LogP contribution in [-0.4, -0.2) is 28.9 Å². The van der Waals surface area contributed by atoms with E-state index < -0.39 is 41.3 Å². The van der Waals surface area contributed by atoms with Crippen LogP contribution in [0.1, 0.15) is 17.5 Å². The van der Waals surface area contributed by atoms with E-state index in [1.54, 1.807) is 18.3 Å². The maximum absolute atomic E-state index is 13.7. The molecule has 2 heterocycles. The number of carbonyl (C=O) groups is 2. The molecule has 0 saturated carbocycles. The molecule has 1 aromatic heterocycles. The highest BCUT2D eigenvalue weighted by Crippen LogP contribution is 2.19. The number of aromatic nitrogens is 1. The molecule has 0 saturated heterocycles. The Labute approximate surface area is 153 Å². The number of anilines is 1. The van der Waals surface area contributed by atoms with Gasteiger partial charge in [-0.05, 0) is 29.7 Å². The van der Waals surface area contributed by atoms with Gasteiger partial charge in [0, 0.05) is 31.1 Å². The lowest BCUT2D eigenvalue weighted by atomic mass is 10.0. The lowest BCUT2D eigenvalue weighted by Gasteiger charge is -2.25. The summed E-state index contributed by atoms with van der Waals surface area (Å²) in [4.78, 5) is 28.3. The maximum Gasteiger partial charge on any atom is 0.248 e. The van der Waals surface area contributed by atoms with Crippen LogP contribution < -0.4 is 16.4 Å². The van der Waals surface area contributed by atoms with Crippen molar-refractivity contribution in [1.82, 2.24) is 10.3 Å². The maximum atomic E-state index is 13.7. The molecule has 1 aliphatic heterocycles. The Morgan fingerprint density at radius 3 is 2.81 bits per heavy atom. The molecule has 6 nitrogen and oxygen atoms in total. The molecule has 27 heavy (non-hydrogen) atoms. The standard InChI is InChI=1S/C18H17F3N4O2/c19-12-8-14(21)13(20)5-10(12)4-11(22)7-16(26)24-15-6-9-2-1-3-23-17(9)25-18(15)27/h1-3,5,8,11,15H,4,6-7,22H2,(H,24,26)(H,23,25,27)/t11-,15+/m1/s1. The molecule has 1 aliphatic rings. The molecule has 0 aliphatic carbocycles. The molecular weight excluding hydrogens is 361 g/mol. The number of halogens is 3. The number of rotatable bonds is 5. The minimum Gasteiger partial charge on any atom is -0.344 e. The van der Waals surface area contributed by atoms with E-state index in [0.717, 1.165) is 11.6 Å². The summed E-state index contributed by atoms with van der Waals surface area (Å²) in [6.45, 7) is 0. The van der Waals surface area contributed by atoms with Crippen molar-refractivity contribution in [2.24, 2.45) is 5.73 Å². The largest absolute Gasteiger partial charge is 0.344 e. The monoisotopic (exact) mass is 378 g/mol. The van der Waals surface area contributed by atoms with Crippen LogP contribution in [0.25, 0.3) is 0 Å². The Balaban J connectivity index is 1.58. The van der Waals surface area contributed by atoms with Crippen molar-refractivity contribution in [3.05, 3.63) is 59.0 Å². The van der Waals surface area contributed by atoms with Gasteiger partial charge in [-0.2, -0.15) is 0 Å². The predicted molar refractivity (Wildman–Crippen MR) is 91.1 cm³/mol. The van der Waals surface area contributed by atoms with Crippen molar-refractivity contribution >= 4 is 17.6 Å². The van der Waals surface area contributed by atoms with Gasteiger partial charge in [0.15, 0.2) is 11.6 Å². The number of benzene rings is 1. The fraction of sp³-hybridized carbons (Fsp3) is 0.278. The van der Waals surface area contributed by atoms with E-state index in [4.69, 9.17) is 5.73 Å². The minimum atomic E-state index is -1.29. The van der Waals surface area contributed by atoms with Gasteiger partial charge in [0.2, 0.25) is 11.8 Å².